The minimum absolute atomic E-state index is 0.179. The molecule has 0 saturated heterocycles. The number of anilines is 1. The van der Waals surface area contributed by atoms with Gasteiger partial charge in [0, 0.05) is 21.3 Å². The van der Waals surface area contributed by atoms with Crippen molar-refractivity contribution in [2.24, 2.45) is 0 Å². The molecule has 0 aliphatic carbocycles. The summed E-state index contributed by atoms with van der Waals surface area (Å²) in [6.07, 6.45) is 0. The monoisotopic (exact) mass is 325 g/mol. The number of benzene rings is 2. The van der Waals surface area contributed by atoms with Crippen molar-refractivity contribution in [2.45, 2.75) is 6.61 Å². The first-order valence-electron chi connectivity index (χ1n) is 6.16. The van der Waals surface area contributed by atoms with Crippen molar-refractivity contribution >= 4 is 34.8 Å². The molecule has 0 aromatic heterocycles. The van der Waals surface area contributed by atoms with Crippen molar-refractivity contribution in [2.75, 3.05) is 11.9 Å². The molecule has 0 unspecified atom stereocenters. The molecule has 4 nitrogen and oxygen atoms in total. The SMILES string of the molecule is O=C(COc1ccc(Cl)cc1CO)Nc1cccc(Cl)c1. The Balaban J connectivity index is 1.95. The molecule has 2 N–H and O–H groups in total. The van der Waals surface area contributed by atoms with E-state index in [4.69, 9.17) is 27.9 Å². The van der Waals surface area contributed by atoms with E-state index in [9.17, 15) is 9.90 Å². The van der Waals surface area contributed by atoms with Gasteiger partial charge in [0.15, 0.2) is 6.61 Å². The summed E-state index contributed by atoms with van der Waals surface area (Å²) in [6, 6.07) is 11.7. The maximum Gasteiger partial charge on any atom is 0.262 e. The summed E-state index contributed by atoms with van der Waals surface area (Å²) in [4.78, 5) is 11.8. The van der Waals surface area contributed by atoms with Gasteiger partial charge in [0.25, 0.3) is 5.91 Å². The van der Waals surface area contributed by atoms with E-state index in [0.29, 0.717) is 27.0 Å². The zero-order valence-electron chi connectivity index (χ0n) is 11.0. The van der Waals surface area contributed by atoms with Gasteiger partial charge in [0.05, 0.1) is 6.61 Å². The van der Waals surface area contributed by atoms with E-state index in [-0.39, 0.29) is 19.1 Å². The Morgan fingerprint density at radius 1 is 1.14 bits per heavy atom. The number of hydrogen-bond donors (Lipinski definition) is 2. The second-order valence-corrected chi connectivity index (χ2v) is 5.13. The highest BCUT2D eigenvalue weighted by atomic mass is 35.5. The Kier molecular flexibility index (Phi) is 5.44. The number of nitrogens with one attached hydrogen (secondary N) is 1. The van der Waals surface area contributed by atoms with Gasteiger partial charge < -0.3 is 15.2 Å². The number of hydrogen-bond acceptors (Lipinski definition) is 3. The highest BCUT2D eigenvalue weighted by molar-refractivity contribution is 6.31. The average molecular weight is 326 g/mol. The third-order valence-corrected chi connectivity index (χ3v) is 3.13. The van der Waals surface area contributed by atoms with Gasteiger partial charge in [-0.05, 0) is 36.4 Å². The van der Waals surface area contributed by atoms with Crippen LogP contribution < -0.4 is 10.1 Å². The second kappa shape index (κ2) is 7.31. The lowest BCUT2D eigenvalue weighted by Gasteiger charge is -2.11. The summed E-state index contributed by atoms with van der Waals surface area (Å²) in [5.74, 6) is 0.0965. The number of ether oxygens (including phenoxy) is 1. The summed E-state index contributed by atoms with van der Waals surface area (Å²) in [6.45, 7) is -0.396. The summed E-state index contributed by atoms with van der Waals surface area (Å²) in [7, 11) is 0. The van der Waals surface area contributed by atoms with Crippen LogP contribution in [0.15, 0.2) is 42.5 Å². The van der Waals surface area contributed by atoms with Crippen molar-refractivity contribution in [1.82, 2.24) is 0 Å². The van der Waals surface area contributed by atoms with Crippen LogP contribution in [0.1, 0.15) is 5.56 Å². The largest absolute Gasteiger partial charge is 0.483 e. The fourth-order valence-corrected chi connectivity index (χ4v) is 2.10. The molecule has 1 amide bonds. The lowest BCUT2D eigenvalue weighted by Crippen LogP contribution is -2.20. The van der Waals surface area contributed by atoms with Gasteiger partial charge in [-0.2, -0.15) is 0 Å². The average Bonchev–Trinajstić information content (AvgIpc) is 2.45. The van der Waals surface area contributed by atoms with Crippen LogP contribution in [-0.2, 0) is 11.4 Å². The number of carbonyl (C=O) groups excluding carboxylic acids is 1. The zero-order valence-corrected chi connectivity index (χ0v) is 12.5. The van der Waals surface area contributed by atoms with Gasteiger partial charge in [-0.25, -0.2) is 0 Å². The van der Waals surface area contributed by atoms with Crippen molar-refractivity contribution in [3.05, 3.63) is 58.1 Å². The predicted molar refractivity (Wildman–Crippen MR) is 83.0 cm³/mol. The van der Waals surface area contributed by atoms with Gasteiger partial charge in [-0.1, -0.05) is 29.3 Å². The molecule has 6 heteroatoms. The smallest absolute Gasteiger partial charge is 0.262 e. The molecule has 0 fully saturated rings. The fraction of sp³-hybridized carbons (Fsp3) is 0.133. The minimum Gasteiger partial charge on any atom is -0.483 e. The first-order chi connectivity index (χ1) is 10.1. The normalized spacial score (nSPS) is 10.2. The van der Waals surface area contributed by atoms with Crippen LogP contribution in [0.2, 0.25) is 10.0 Å². The number of aliphatic hydroxyl groups is 1. The first-order valence-corrected chi connectivity index (χ1v) is 6.91. The van der Waals surface area contributed by atoms with Crippen LogP contribution in [0, 0.1) is 0 Å². The third-order valence-electron chi connectivity index (χ3n) is 2.66. The summed E-state index contributed by atoms with van der Waals surface area (Å²) in [5.41, 5.74) is 1.12. The van der Waals surface area contributed by atoms with E-state index < -0.39 is 0 Å². The Labute approximate surface area is 132 Å². The van der Waals surface area contributed by atoms with Gasteiger partial charge in [-0.3, -0.25) is 4.79 Å². The molecule has 110 valence electrons. The molecular weight excluding hydrogens is 313 g/mol. The summed E-state index contributed by atoms with van der Waals surface area (Å²) in [5, 5.41) is 12.9. The fourth-order valence-electron chi connectivity index (χ4n) is 1.72. The van der Waals surface area contributed by atoms with E-state index in [1.807, 2.05) is 0 Å². The lowest BCUT2D eigenvalue weighted by molar-refractivity contribution is -0.118. The molecule has 0 heterocycles. The van der Waals surface area contributed by atoms with E-state index >= 15 is 0 Å². The lowest BCUT2D eigenvalue weighted by atomic mass is 10.2. The molecule has 2 rings (SSSR count). The molecule has 0 aliphatic heterocycles. The molecule has 0 aliphatic rings. The van der Waals surface area contributed by atoms with Crippen LogP contribution in [0.5, 0.6) is 5.75 Å². The Bertz CT molecular complexity index is 647. The molecule has 0 spiro atoms. The van der Waals surface area contributed by atoms with Crippen molar-refractivity contribution in [3.63, 3.8) is 0 Å². The van der Waals surface area contributed by atoms with E-state index in [1.165, 1.54) is 0 Å². The maximum absolute atomic E-state index is 11.8. The number of amides is 1. The molecular formula is C15H13Cl2NO3. The molecule has 2 aromatic carbocycles. The van der Waals surface area contributed by atoms with Crippen LogP contribution in [-0.4, -0.2) is 17.6 Å². The maximum atomic E-state index is 11.8. The van der Waals surface area contributed by atoms with Crippen molar-refractivity contribution in [3.8, 4) is 5.75 Å². The predicted octanol–water partition coefficient (Wildman–Crippen LogP) is 3.50. The second-order valence-electron chi connectivity index (χ2n) is 4.26. The van der Waals surface area contributed by atoms with Crippen LogP contribution >= 0.6 is 23.2 Å². The zero-order chi connectivity index (χ0) is 15.2. The Morgan fingerprint density at radius 3 is 2.62 bits per heavy atom. The highest BCUT2D eigenvalue weighted by Gasteiger charge is 2.08. The molecule has 0 radical (unpaired) electrons. The molecule has 0 bridgehead atoms. The topological polar surface area (TPSA) is 58.6 Å². The Morgan fingerprint density at radius 2 is 1.90 bits per heavy atom. The summed E-state index contributed by atoms with van der Waals surface area (Å²) >= 11 is 11.7. The van der Waals surface area contributed by atoms with E-state index in [0.717, 1.165) is 0 Å². The van der Waals surface area contributed by atoms with Crippen LogP contribution in [0.25, 0.3) is 0 Å². The quantitative estimate of drug-likeness (QED) is 0.884. The molecule has 0 saturated carbocycles. The number of halogens is 2. The van der Waals surface area contributed by atoms with Gasteiger partial charge >= 0.3 is 0 Å². The van der Waals surface area contributed by atoms with Crippen LogP contribution in [0.4, 0.5) is 5.69 Å². The van der Waals surface area contributed by atoms with Crippen molar-refractivity contribution in [1.29, 1.82) is 0 Å². The van der Waals surface area contributed by atoms with Gasteiger partial charge in [-0.15, -0.1) is 0 Å². The molecule has 2 aromatic rings. The van der Waals surface area contributed by atoms with Crippen molar-refractivity contribution < 1.29 is 14.6 Å². The van der Waals surface area contributed by atoms with Gasteiger partial charge in [0.1, 0.15) is 5.75 Å². The van der Waals surface area contributed by atoms with Gasteiger partial charge in [0.2, 0.25) is 0 Å². The summed E-state index contributed by atoms with van der Waals surface area (Å²) < 4.78 is 5.38. The first kappa shape index (κ1) is 15.6. The molecule has 0 atom stereocenters. The number of aliphatic hydroxyl groups excluding tert-OH is 1. The van der Waals surface area contributed by atoms with E-state index in [2.05, 4.69) is 5.32 Å². The van der Waals surface area contributed by atoms with E-state index in [1.54, 1.807) is 42.5 Å². The third kappa shape index (κ3) is 4.63. The molecule has 21 heavy (non-hydrogen) atoms. The Hall–Kier alpha value is -1.75. The number of rotatable bonds is 5. The van der Waals surface area contributed by atoms with Crippen LogP contribution in [0.3, 0.4) is 0 Å². The minimum atomic E-state index is -0.323. The number of carbonyl (C=O) groups is 1. The highest BCUT2D eigenvalue weighted by Crippen LogP contribution is 2.23. The standard InChI is InChI=1S/C15H13Cl2NO3/c16-11-2-1-3-13(7-11)18-15(20)9-21-14-5-4-12(17)6-10(14)8-19/h1-7,19H,8-9H2,(H,18,20).